The van der Waals surface area contributed by atoms with Crippen molar-refractivity contribution in [2.75, 3.05) is 33.3 Å². The van der Waals surface area contributed by atoms with Gasteiger partial charge in [-0.05, 0) is 13.5 Å². The number of morpholine rings is 1. The van der Waals surface area contributed by atoms with Crippen molar-refractivity contribution in [3.05, 3.63) is 0 Å². The van der Waals surface area contributed by atoms with E-state index < -0.39 is 0 Å². The molecule has 17 heavy (non-hydrogen) atoms. The predicted molar refractivity (Wildman–Crippen MR) is 61.4 cm³/mol. The summed E-state index contributed by atoms with van der Waals surface area (Å²) in [7, 11) is 1.86. The first kappa shape index (κ1) is 12.3. The van der Waals surface area contributed by atoms with Gasteiger partial charge in [0.2, 0.25) is 11.8 Å². The van der Waals surface area contributed by atoms with E-state index in [4.69, 9.17) is 4.74 Å². The third-order valence-electron chi connectivity index (χ3n) is 3.18. The number of hydrogen-bond donors (Lipinski definition) is 2. The molecule has 0 aliphatic carbocycles. The van der Waals surface area contributed by atoms with Crippen molar-refractivity contribution in [1.29, 1.82) is 0 Å². The molecular formula is C11H19N3O3. The minimum Gasteiger partial charge on any atom is -0.373 e. The van der Waals surface area contributed by atoms with Crippen molar-refractivity contribution in [2.24, 2.45) is 0 Å². The SMILES string of the molecule is CNCC1CN(C(=O)[C@@H]2CCC(=O)N2)CCO1. The third-order valence-corrected chi connectivity index (χ3v) is 3.18. The van der Waals surface area contributed by atoms with Crippen LogP contribution in [0.5, 0.6) is 0 Å². The van der Waals surface area contributed by atoms with Gasteiger partial charge in [0, 0.05) is 26.1 Å². The largest absolute Gasteiger partial charge is 0.373 e. The Kier molecular flexibility index (Phi) is 3.96. The summed E-state index contributed by atoms with van der Waals surface area (Å²) in [5, 5.41) is 5.75. The van der Waals surface area contributed by atoms with Crippen molar-refractivity contribution in [2.45, 2.75) is 25.0 Å². The molecule has 2 rings (SSSR count). The molecule has 1 unspecified atom stereocenters. The fourth-order valence-electron chi connectivity index (χ4n) is 2.29. The molecule has 0 bridgehead atoms. The zero-order chi connectivity index (χ0) is 12.3. The summed E-state index contributed by atoms with van der Waals surface area (Å²) in [6.45, 7) is 2.52. The Labute approximate surface area is 101 Å². The van der Waals surface area contributed by atoms with Crippen molar-refractivity contribution in [3.63, 3.8) is 0 Å². The van der Waals surface area contributed by atoms with E-state index in [-0.39, 0.29) is 24.0 Å². The number of nitrogens with zero attached hydrogens (tertiary/aromatic N) is 1. The summed E-state index contributed by atoms with van der Waals surface area (Å²) >= 11 is 0. The minimum atomic E-state index is -0.323. The lowest BCUT2D eigenvalue weighted by molar-refractivity contribution is -0.141. The Morgan fingerprint density at radius 3 is 3.12 bits per heavy atom. The maximum atomic E-state index is 12.1. The van der Waals surface area contributed by atoms with Crippen LogP contribution >= 0.6 is 0 Å². The molecule has 6 nitrogen and oxygen atoms in total. The van der Waals surface area contributed by atoms with E-state index in [9.17, 15) is 9.59 Å². The highest BCUT2D eigenvalue weighted by Crippen LogP contribution is 2.12. The summed E-state index contributed by atoms with van der Waals surface area (Å²) in [6.07, 6.45) is 1.13. The lowest BCUT2D eigenvalue weighted by Crippen LogP contribution is -2.53. The van der Waals surface area contributed by atoms with Crippen molar-refractivity contribution in [1.82, 2.24) is 15.5 Å². The monoisotopic (exact) mass is 241 g/mol. The van der Waals surface area contributed by atoms with Crippen LogP contribution in [0, 0.1) is 0 Å². The second-order valence-electron chi connectivity index (χ2n) is 4.49. The van der Waals surface area contributed by atoms with Crippen LogP contribution in [-0.4, -0.2) is 62.1 Å². The molecule has 6 heteroatoms. The Hall–Kier alpha value is -1.14. The van der Waals surface area contributed by atoms with E-state index in [2.05, 4.69) is 10.6 Å². The van der Waals surface area contributed by atoms with E-state index in [1.165, 1.54) is 0 Å². The first-order valence-electron chi connectivity index (χ1n) is 6.05. The smallest absolute Gasteiger partial charge is 0.245 e. The standard InChI is InChI=1S/C11H19N3O3/c1-12-6-8-7-14(4-5-17-8)11(16)9-2-3-10(15)13-9/h8-9,12H,2-7H2,1H3,(H,13,15)/t8?,9-/m0/s1. The highest BCUT2D eigenvalue weighted by molar-refractivity contribution is 5.90. The molecule has 0 saturated carbocycles. The molecule has 2 atom stereocenters. The molecule has 2 N–H and O–H groups in total. The van der Waals surface area contributed by atoms with Gasteiger partial charge in [0.05, 0.1) is 12.7 Å². The summed E-state index contributed by atoms with van der Waals surface area (Å²) < 4.78 is 5.54. The van der Waals surface area contributed by atoms with E-state index >= 15 is 0 Å². The van der Waals surface area contributed by atoms with Gasteiger partial charge < -0.3 is 20.3 Å². The Bertz CT molecular complexity index is 306. The van der Waals surface area contributed by atoms with Gasteiger partial charge >= 0.3 is 0 Å². The zero-order valence-electron chi connectivity index (χ0n) is 10.1. The summed E-state index contributed by atoms with van der Waals surface area (Å²) in [4.78, 5) is 25.0. The molecule has 0 aromatic carbocycles. The molecule has 0 aromatic rings. The lowest BCUT2D eigenvalue weighted by atomic mass is 10.1. The van der Waals surface area contributed by atoms with E-state index in [0.717, 1.165) is 6.54 Å². The maximum Gasteiger partial charge on any atom is 0.245 e. The highest BCUT2D eigenvalue weighted by atomic mass is 16.5. The summed E-state index contributed by atoms with van der Waals surface area (Å²) in [5.74, 6) is 0.00337. The van der Waals surface area contributed by atoms with Gasteiger partial charge in [-0.3, -0.25) is 9.59 Å². The first-order chi connectivity index (χ1) is 8.20. The van der Waals surface area contributed by atoms with Gasteiger partial charge in [-0.25, -0.2) is 0 Å². The van der Waals surface area contributed by atoms with Crippen molar-refractivity contribution < 1.29 is 14.3 Å². The van der Waals surface area contributed by atoms with E-state index in [1.54, 1.807) is 4.90 Å². The fraction of sp³-hybridized carbons (Fsp3) is 0.818. The molecule has 0 radical (unpaired) electrons. The molecule has 0 spiro atoms. The summed E-state index contributed by atoms with van der Waals surface area (Å²) in [6, 6.07) is -0.323. The van der Waals surface area contributed by atoms with Crippen LogP contribution in [0.25, 0.3) is 0 Å². The number of amides is 2. The van der Waals surface area contributed by atoms with Crippen molar-refractivity contribution >= 4 is 11.8 Å². The number of hydrogen-bond acceptors (Lipinski definition) is 4. The Balaban J connectivity index is 1.88. The van der Waals surface area contributed by atoms with E-state index in [1.807, 2.05) is 7.05 Å². The first-order valence-corrected chi connectivity index (χ1v) is 6.05. The molecule has 2 aliphatic rings. The second kappa shape index (κ2) is 5.46. The normalized spacial score (nSPS) is 29.2. The lowest BCUT2D eigenvalue weighted by Gasteiger charge is -2.34. The van der Waals surface area contributed by atoms with Gasteiger partial charge in [-0.2, -0.15) is 0 Å². The van der Waals surface area contributed by atoms with Crippen LogP contribution < -0.4 is 10.6 Å². The molecule has 2 amide bonds. The topological polar surface area (TPSA) is 70.7 Å². The quantitative estimate of drug-likeness (QED) is 0.645. The molecule has 0 aromatic heterocycles. The van der Waals surface area contributed by atoms with Crippen LogP contribution in [0.1, 0.15) is 12.8 Å². The van der Waals surface area contributed by atoms with Gasteiger partial charge in [-0.15, -0.1) is 0 Å². The van der Waals surface area contributed by atoms with Crippen molar-refractivity contribution in [3.8, 4) is 0 Å². The molecule has 2 fully saturated rings. The summed E-state index contributed by atoms with van der Waals surface area (Å²) in [5.41, 5.74) is 0. The van der Waals surface area contributed by atoms with Gasteiger partial charge in [-0.1, -0.05) is 0 Å². The maximum absolute atomic E-state index is 12.1. The van der Waals surface area contributed by atoms with Gasteiger partial charge in [0.15, 0.2) is 0 Å². The minimum absolute atomic E-state index is 0.0246. The molecule has 2 saturated heterocycles. The second-order valence-corrected chi connectivity index (χ2v) is 4.49. The molecule has 2 aliphatic heterocycles. The van der Waals surface area contributed by atoms with Crippen LogP contribution in [-0.2, 0) is 14.3 Å². The van der Waals surface area contributed by atoms with Crippen LogP contribution in [0.15, 0.2) is 0 Å². The molecule has 2 heterocycles. The average molecular weight is 241 g/mol. The van der Waals surface area contributed by atoms with E-state index in [0.29, 0.717) is 32.5 Å². The van der Waals surface area contributed by atoms with Gasteiger partial charge in [0.25, 0.3) is 0 Å². The van der Waals surface area contributed by atoms with Crippen LogP contribution in [0.3, 0.4) is 0 Å². The number of rotatable bonds is 3. The zero-order valence-corrected chi connectivity index (χ0v) is 10.1. The number of ether oxygens (including phenoxy) is 1. The molecular weight excluding hydrogens is 222 g/mol. The fourth-order valence-corrected chi connectivity index (χ4v) is 2.29. The predicted octanol–water partition coefficient (Wildman–Crippen LogP) is -1.29. The highest BCUT2D eigenvalue weighted by Gasteiger charge is 2.33. The number of nitrogens with one attached hydrogen (secondary N) is 2. The Morgan fingerprint density at radius 2 is 2.47 bits per heavy atom. The number of carbonyl (C=O) groups is 2. The number of likely N-dealkylation sites (N-methyl/N-ethyl adjacent to an activating group) is 1. The molecule has 96 valence electrons. The van der Waals surface area contributed by atoms with Gasteiger partial charge in [0.1, 0.15) is 6.04 Å². The third kappa shape index (κ3) is 2.95. The van der Waals surface area contributed by atoms with Crippen LogP contribution in [0.4, 0.5) is 0 Å². The Morgan fingerprint density at radius 1 is 1.65 bits per heavy atom. The van der Waals surface area contributed by atoms with Crippen LogP contribution in [0.2, 0.25) is 0 Å². The number of carbonyl (C=O) groups excluding carboxylic acids is 2. The average Bonchev–Trinajstić information content (AvgIpc) is 2.76.